The molecule has 0 aliphatic carbocycles. The average Bonchev–Trinajstić information content (AvgIpc) is 2.67. The minimum atomic E-state index is -0.246. The molecule has 1 heterocycles. The van der Waals surface area contributed by atoms with Crippen molar-refractivity contribution in [2.24, 2.45) is 0 Å². The molecule has 0 radical (unpaired) electrons. The van der Waals surface area contributed by atoms with E-state index in [1.807, 2.05) is 24.5 Å². The van der Waals surface area contributed by atoms with Crippen LogP contribution < -0.4 is 0 Å². The van der Waals surface area contributed by atoms with Gasteiger partial charge < -0.3 is 4.43 Å². The van der Waals surface area contributed by atoms with E-state index < -0.39 is 0 Å². The fourth-order valence-electron chi connectivity index (χ4n) is 1.55. The van der Waals surface area contributed by atoms with Crippen molar-refractivity contribution in [3.8, 4) is 0 Å². The maximum Gasteiger partial charge on any atom is 0.161 e. The van der Waals surface area contributed by atoms with Crippen molar-refractivity contribution < 1.29 is 4.43 Å². The molecule has 15 heavy (non-hydrogen) atoms. The van der Waals surface area contributed by atoms with Crippen LogP contribution in [0, 0.1) is 0 Å². The van der Waals surface area contributed by atoms with Gasteiger partial charge in [0.15, 0.2) is 9.76 Å². The topological polar surface area (TPSA) is 22.1 Å². The second-order valence-corrected chi connectivity index (χ2v) is 6.33. The van der Waals surface area contributed by atoms with Gasteiger partial charge in [-0.3, -0.25) is 0 Å². The summed E-state index contributed by atoms with van der Waals surface area (Å²) in [7, 11) is 1.56. The Bertz CT molecular complexity index is 396. The van der Waals surface area contributed by atoms with Crippen molar-refractivity contribution in [3.63, 3.8) is 0 Å². The summed E-state index contributed by atoms with van der Waals surface area (Å²) in [5.41, 5.74) is 1.14. The number of fused-ring (bicyclic) bond motifs is 1. The highest BCUT2D eigenvalue weighted by Gasteiger charge is 2.02. The average molecular weight is 237 g/mol. The molecular formula is C11H15NOSSi. The van der Waals surface area contributed by atoms with E-state index in [1.165, 1.54) is 22.2 Å². The summed E-state index contributed by atoms with van der Waals surface area (Å²) in [6.07, 6.45) is 2.33. The molecule has 2 aromatic rings. The normalized spacial score (nSPS) is 11.8. The van der Waals surface area contributed by atoms with Crippen LogP contribution >= 0.6 is 11.3 Å². The van der Waals surface area contributed by atoms with Crippen molar-refractivity contribution >= 4 is 31.3 Å². The van der Waals surface area contributed by atoms with Crippen LogP contribution in [0.1, 0.15) is 11.4 Å². The molecule has 0 amide bonds. The van der Waals surface area contributed by atoms with E-state index in [0.29, 0.717) is 0 Å². The maximum absolute atomic E-state index is 5.16. The number of hydrogen-bond donors (Lipinski definition) is 0. The largest absolute Gasteiger partial charge is 0.427 e. The molecule has 0 unspecified atom stereocenters. The number of rotatable bonds is 5. The van der Waals surface area contributed by atoms with Crippen LogP contribution in [0.4, 0.5) is 0 Å². The van der Waals surface area contributed by atoms with Gasteiger partial charge in [0, 0.05) is 7.11 Å². The Kier molecular flexibility index (Phi) is 3.88. The number of nitrogens with zero attached hydrogens (tertiary/aromatic N) is 1. The Morgan fingerprint density at radius 3 is 3.07 bits per heavy atom. The molecule has 0 saturated carbocycles. The molecule has 0 aliphatic heterocycles. The second-order valence-electron chi connectivity index (χ2n) is 3.53. The van der Waals surface area contributed by atoms with Gasteiger partial charge in [-0.05, 0) is 31.0 Å². The molecule has 1 aromatic carbocycles. The Hall–Kier alpha value is -0.713. The number of aryl methyl sites for hydroxylation is 1. The number of benzene rings is 1. The lowest BCUT2D eigenvalue weighted by Crippen LogP contribution is -1.93. The molecule has 0 saturated heterocycles. The minimum Gasteiger partial charge on any atom is -0.427 e. The van der Waals surface area contributed by atoms with Crippen LogP contribution in [-0.4, -0.2) is 21.9 Å². The third kappa shape index (κ3) is 2.87. The van der Waals surface area contributed by atoms with Gasteiger partial charge in [-0.15, -0.1) is 11.3 Å². The second kappa shape index (κ2) is 5.39. The van der Waals surface area contributed by atoms with Crippen LogP contribution in [0.25, 0.3) is 10.2 Å². The Labute approximate surface area is 96.2 Å². The van der Waals surface area contributed by atoms with Crippen molar-refractivity contribution in [1.82, 2.24) is 4.98 Å². The third-order valence-corrected chi connectivity index (χ3v) is 4.62. The van der Waals surface area contributed by atoms with E-state index in [0.717, 1.165) is 11.9 Å². The van der Waals surface area contributed by atoms with E-state index in [2.05, 4.69) is 23.2 Å². The molecule has 80 valence electrons. The summed E-state index contributed by atoms with van der Waals surface area (Å²) in [6, 6.07) is 9.60. The summed E-state index contributed by atoms with van der Waals surface area (Å²) < 4.78 is 6.46. The minimum absolute atomic E-state index is 0.246. The monoisotopic (exact) mass is 237 g/mol. The van der Waals surface area contributed by atoms with Gasteiger partial charge in [0.2, 0.25) is 0 Å². The van der Waals surface area contributed by atoms with Gasteiger partial charge in [0.05, 0.1) is 15.2 Å². The fraction of sp³-hybridized carbons (Fsp3) is 0.364. The van der Waals surface area contributed by atoms with E-state index in [9.17, 15) is 0 Å². The van der Waals surface area contributed by atoms with Crippen molar-refractivity contribution in [2.45, 2.75) is 18.9 Å². The number of hydrogen-bond acceptors (Lipinski definition) is 3. The van der Waals surface area contributed by atoms with Gasteiger partial charge in [0.25, 0.3) is 0 Å². The van der Waals surface area contributed by atoms with Crippen LogP contribution in [0.3, 0.4) is 0 Å². The van der Waals surface area contributed by atoms with E-state index in [4.69, 9.17) is 4.43 Å². The highest BCUT2D eigenvalue weighted by atomic mass is 32.1. The van der Waals surface area contributed by atoms with Crippen molar-refractivity contribution in [2.75, 3.05) is 7.11 Å². The Morgan fingerprint density at radius 2 is 2.27 bits per heavy atom. The lowest BCUT2D eigenvalue weighted by atomic mass is 10.3. The van der Waals surface area contributed by atoms with Gasteiger partial charge in [-0.25, -0.2) is 4.98 Å². The fourth-order valence-corrected chi connectivity index (χ4v) is 3.30. The smallest absolute Gasteiger partial charge is 0.161 e. The maximum atomic E-state index is 5.16. The first-order valence-corrected chi connectivity index (χ1v) is 7.63. The molecule has 2 nitrogen and oxygen atoms in total. The van der Waals surface area contributed by atoms with Crippen molar-refractivity contribution in [1.29, 1.82) is 0 Å². The Morgan fingerprint density at radius 1 is 1.40 bits per heavy atom. The predicted molar refractivity (Wildman–Crippen MR) is 68.3 cm³/mol. The zero-order valence-electron chi connectivity index (χ0n) is 8.90. The van der Waals surface area contributed by atoms with Crippen LogP contribution in [-0.2, 0) is 10.8 Å². The zero-order valence-corrected chi connectivity index (χ0v) is 11.1. The summed E-state index contributed by atoms with van der Waals surface area (Å²) in [4.78, 5) is 4.60. The molecule has 0 spiro atoms. The molecule has 4 heteroatoms. The number of para-hydroxylation sites is 1. The molecule has 0 aliphatic rings. The standard InChI is InChI=1S/C11H15NOSSi/c1-13-15-8-4-7-11-12-9-5-2-3-6-10(9)14-11/h2-3,5-6H,4,7-8,15H2,1H3. The first-order valence-electron chi connectivity index (χ1n) is 5.23. The molecule has 1 aromatic heterocycles. The van der Waals surface area contributed by atoms with Gasteiger partial charge in [-0.2, -0.15) is 0 Å². The number of aromatic nitrogens is 1. The summed E-state index contributed by atoms with van der Waals surface area (Å²) >= 11 is 1.82. The molecule has 0 fully saturated rings. The van der Waals surface area contributed by atoms with Gasteiger partial charge in [-0.1, -0.05) is 12.1 Å². The summed E-state index contributed by atoms with van der Waals surface area (Å²) in [5.74, 6) is 0. The van der Waals surface area contributed by atoms with Crippen LogP contribution in [0.5, 0.6) is 0 Å². The van der Waals surface area contributed by atoms with E-state index in [1.54, 1.807) is 0 Å². The highest BCUT2D eigenvalue weighted by Crippen LogP contribution is 2.22. The van der Waals surface area contributed by atoms with E-state index in [-0.39, 0.29) is 9.76 Å². The molecule has 0 N–H and O–H groups in total. The number of thiazole rings is 1. The lowest BCUT2D eigenvalue weighted by Gasteiger charge is -1.95. The first-order chi connectivity index (χ1) is 7.40. The summed E-state index contributed by atoms with van der Waals surface area (Å²) in [6.45, 7) is 0. The molecule has 0 atom stereocenters. The first kappa shape index (κ1) is 10.8. The molecular weight excluding hydrogens is 222 g/mol. The van der Waals surface area contributed by atoms with E-state index >= 15 is 0 Å². The third-order valence-electron chi connectivity index (χ3n) is 2.33. The lowest BCUT2D eigenvalue weighted by molar-refractivity contribution is 0.439. The van der Waals surface area contributed by atoms with Crippen LogP contribution in [0.15, 0.2) is 24.3 Å². The zero-order chi connectivity index (χ0) is 10.5. The Balaban J connectivity index is 1.97. The SMILES string of the molecule is CO[SiH2]CCCc1nc2ccccc2s1. The summed E-state index contributed by atoms with van der Waals surface area (Å²) in [5, 5.41) is 1.27. The van der Waals surface area contributed by atoms with Gasteiger partial charge >= 0.3 is 0 Å². The molecule has 0 bridgehead atoms. The van der Waals surface area contributed by atoms with Gasteiger partial charge in [0.1, 0.15) is 0 Å². The molecule has 2 rings (SSSR count). The quantitative estimate of drug-likeness (QED) is 0.588. The van der Waals surface area contributed by atoms with Crippen LogP contribution in [0.2, 0.25) is 6.04 Å². The highest BCUT2D eigenvalue weighted by molar-refractivity contribution is 7.18. The van der Waals surface area contributed by atoms with Crippen molar-refractivity contribution in [3.05, 3.63) is 29.3 Å². The predicted octanol–water partition coefficient (Wildman–Crippen LogP) is 2.38.